The van der Waals surface area contributed by atoms with Crippen molar-refractivity contribution in [2.45, 2.75) is 46.3 Å². The number of halogens is 1. The highest BCUT2D eigenvalue weighted by Gasteiger charge is 2.32. The number of para-hydroxylation sites is 1. The maximum absolute atomic E-state index is 6.03. The number of hydrogen-bond acceptors (Lipinski definition) is 5. The number of aliphatic imine (C=N–C) groups is 1. The second-order valence-electron chi connectivity index (χ2n) is 7.23. The maximum Gasteiger partial charge on any atom is 0.214 e. The van der Waals surface area contributed by atoms with Crippen LogP contribution in [0.25, 0.3) is 0 Å². The number of guanidine groups is 1. The zero-order valence-electron chi connectivity index (χ0n) is 17.1. The van der Waals surface area contributed by atoms with Gasteiger partial charge in [-0.2, -0.15) is 0 Å². The summed E-state index contributed by atoms with van der Waals surface area (Å²) in [7, 11) is 1.72. The van der Waals surface area contributed by atoms with E-state index in [9.17, 15) is 0 Å². The van der Waals surface area contributed by atoms with Crippen molar-refractivity contribution in [2.75, 3.05) is 20.2 Å². The van der Waals surface area contributed by atoms with E-state index in [1.165, 1.54) is 5.56 Å². The number of aryl methyl sites for hydroxylation is 2. The minimum absolute atomic E-state index is 0. The lowest BCUT2D eigenvalue weighted by molar-refractivity contribution is 0.132. The van der Waals surface area contributed by atoms with Gasteiger partial charge in [-0.25, -0.2) is 4.98 Å². The lowest BCUT2D eigenvalue weighted by Gasteiger charge is -2.18. The van der Waals surface area contributed by atoms with E-state index in [0.717, 1.165) is 29.4 Å². The van der Waals surface area contributed by atoms with E-state index in [1.807, 2.05) is 26.0 Å². The third-order valence-corrected chi connectivity index (χ3v) is 4.41. The van der Waals surface area contributed by atoms with Crippen molar-refractivity contribution in [3.05, 3.63) is 41.1 Å². The molecule has 0 amide bonds. The summed E-state index contributed by atoms with van der Waals surface area (Å²) in [5, 5.41) is 6.40. The van der Waals surface area contributed by atoms with Crippen molar-refractivity contribution >= 4 is 29.9 Å². The summed E-state index contributed by atoms with van der Waals surface area (Å²) in [6, 6.07) is 6.04. The zero-order valence-corrected chi connectivity index (χ0v) is 19.4. The van der Waals surface area contributed by atoms with E-state index in [4.69, 9.17) is 13.9 Å². The SMILES string of the molecule is CN=C(NCCOc1cccc2c1OC(C)(C)C2)NCc1nc(C)c(C)o1.I. The molecule has 1 aliphatic heterocycles. The monoisotopic (exact) mass is 500 g/mol. The molecular weight excluding hydrogens is 471 g/mol. The number of rotatable bonds is 6. The lowest BCUT2D eigenvalue weighted by atomic mass is 10.0. The molecule has 2 aromatic rings. The second-order valence-corrected chi connectivity index (χ2v) is 7.23. The molecule has 0 bridgehead atoms. The Balaban J connectivity index is 0.00000280. The van der Waals surface area contributed by atoms with Crippen LogP contribution >= 0.6 is 24.0 Å². The first-order chi connectivity index (χ1) is 12.9. The lowest BCUT2D eigenvalue weighted by Crippen LogP contribution is -2.39. The van der Waals surface area contributed by atoms with Crippen LogP contribution in [0.5, 0.6) is 11.5 Å². The first-order valence-corrected chi connectivity index (χ1v) is 9.19. The maximum atomic E-state index is 6.03. The Hall–Kier alpha value is -1.97. The minimum atomic E-state index is -0.178. The number of nitrogens with one attached hydrogen (secondary N) is 2. The summed E-state index contributed by atoms with van der Waals surface area (Å²) in [5.74, 6) is 3.80. The summed E-state index contributed by atoms with van der Waals surface area (Å²) in [4.78, 5) is 8.55. The minimum Gasteiger partial charge on any atom is -0.488 e. The van der Waals surface area contributed by atoms with Crippen LogP contribution in [0.15, 0.2) is 27.6 Å². The molecule has 0 fully saturated rings. The van der Waals surface area contributed by atoms with E-state index in [2.05, 4.69) is 40.5 Å². The van der Waals surface area contributed by atoms with E-state index >= 15 is 0 Å². The fourth-order valence-corrected chi connectivity index (χ4v) is 3.03. The average Bonchev–Trinajstić information content (AvgIpc) is 3.11. The molecule has 7 nitrogen and oxygen atoms in total. The van der Waals surface area contributed by atoms with Gasteiger partial charge in [-0.1, -0.05) is 12.1 Å². The van der Waals surface area contributed by atoms with Gasteiger partial charge in [0, 0.05) is 19.0 Å². The molecule has 0 atom stereocenters. The van der Waals surface area contributed by atoms with Gasteiger partial charge in [-0.05, 0) is 33.8 Å². The van der Waals surface area contributed by atoms with Gasteiger partial charge in [0.25, 0.3) is 0 Å². The van der Waals surface area contributed by atoms with Crippen LogP contribution in [-0.2, 0) is 13.0 Å². The summed E-state index contributed by atoms with van der Waals surface area (Å²) in [5.41, 5.74) is 1.92. The molecule has 154 valence electrons. The number of ether oxygens (including phenoxy) is 2. The van der Waals surface area contributed by atoms with Gasteiger partial charge in [0.2, 0.25) is 5.89 Å². The van der Waals surface area contributed by atoms with Crippen molar-refractivity contribution in [3.63, 3.8) is 0 Å². The third-order valence-electron chi connectivity index (χ3n) is 4.41. The zero-order chi connectivity index (χ0) is 19.4. The predicted molar refractivity (Wildman–Crippen MR) is 120 cm³/mol. The molecule has 2 N–H and O–H groups in total. The molecule has 0 radical (unpaired) electrons. The number of oxazole rings is 1. The standard InChI is InChI=1S/C20H28N4O3.HI/c1-13-14(2)26-17(24-13)12-23-19(21-5)22-9-10-25-16-8-6-7-15-11-20(3,4)27-18(15)16;/h6-8H,9-12H2,1-5H3,(H2,21,22,23);1H. The Labute approximate surface area is 183 Å². The van der Waals surface area contributed by atoms with Crippen molar-refractivity contribution in [1.82, 2.24) is 15.6 Å². The molecule has 1 aliphatic rings. The van der Waals surface area contributed by atoms with Crippen molar-refractivity contribution < 1.29 is 13.9 Å². The first-order valence-electron chi connectivity index (χ1n) is 9.19. The molecule has 0 spiro atoms. The van der Waals surface area contributed by atoms with Gasteiger partial charge < -0.3 is 24.5 Å². The highest BCUT2D eigenvalue weighted by atomic mass is 127. The second kappa shape index (κ2) is 9.49. The van der Waals surface area contributed by atoms with Gasteiger partial charge in [0.05, 0.1) is 18.8 Å². The van der Waals surface area contributed by atoms with Gasteiger partial charge in [0.1, 0.15) is 18.0 Å². The summed E-state index contributed by atoms with van der Waals surface area (Å²) in [6.07, 6.45) is 0.897. The van der Waals surface area contributed by atoms with Gasteiger partial charge in [0.15, 0.2) is 17.5 Å². The van der Waals surface area contributed by atoms with Crippen LogP contribution in [0.4, 0.5) is 0 Å². The topological polar surface area (TPSA) is 80.9 Å². The molecule has 0 saturated heterocycles. The van der Waals surface area contributed by atoms with Gasteiger partial charge in [-0.15, -0.1) is 24.0 Å². The van der Waals surface area contributed by atoms with Crippen LogP contribution in [0.1, 0.15) is 36.8 Å². The first kappa shape index (κ1) is 22.3. The Kier molecular flexibility index (Phi) is 7.56. The fourth-order valence-electron chi connectivity index (χ4n) is 3.03. The number of nitrogens with zero attached hydrogens (tertiary/aromatic N) is 2. The fraction of sp³-hybridized carbons (Fsp3) is 0.500. The van der Waals surface area contributed by atoms with Crippen LogP contribution < -0.4 is 20.1 Å². The van der Waals surface area contributed by atoms with E-state index < -0.39 is 0 Å². The Bertz CT molecular complexity index is 813. The van der Waals surface area contributed by atoms with Crippen molar-refractivity contribution in [1.29, 1.82) is 0 Å². The number of aromatic nitrogens is 1. The van der Waals surface area contributed by atoms with Gasteiger partial charge in [-0.3, -0.25) is 4.99 Å². The largest absolute Gasteiger partial charge is 0.488 e. The molecule has 1 aromatic carbocycles. The van der Waals surface area contributed by atoms with E-state index in [-0.39, 0.29) is 29.6 Å². The highest BCUT2D eigenvalue weighted by molar-refractivity contribution is 14.0. The third kappa shape index (κ3) is 5.52. The molecular formula is C20H29IN4O3. The average molecular weight is 500 g/mol. The Morgan fingerprint density at radius 3 is 2.75 bits per heavy atom. The molecule has 0 saturated carbocycles. The van der Waals surface area contributed by atoms with Gasteiger partial charge >= 0.3 is 0 Å². The molecule has 2 heterocycles. The van der Waals surface area contributed by atoms with Crippen LogP contribution in [0.2, 0.25) is 0 Å². The summed E-state index contributed by atoms with van der Waals surface area (Å²) in [6.45, 7) is 9.59. The van der Waals surface area contributed by atoms with Crippen LogP contribution in [-0.4, -0.2) is 36.7 Å². The normalized spacial score (nSPS) is 14.7. The summed E-state index contributed by atoms with van der Waals surface area (Å²) < 4.78 is 17.5. The smallest absolute Gasteiger partial charge is 0.214 e. The number of hydrogen-bond donors (Lipinski definition) is 2. The number of benzene rings is 1. The van der Waals surface area contributed by atoms with Crippen LogP contribution in [0, 0.1) is 13.8 Å². The van der Waals surface area contributed by atoms with Crippen molar-refractivity contribution in [3.8, 4) is 11.5 Å². The summed E-state index contributed by atoms with van der Waals surface area (Å²) >= 11 is 0. The molecule has 3 rings (SSSR count). The molecule has 28 heavy (non-hydrogen) atoms. The van der Waals surface area contributed by atoms with E-state index in [1.54, 1.807) is 7.05 Å². The number of fused-ring (bicyclic) bond motifs is 1. The molecule has 0 aliphatic carbocycles. The van der Waals surface area contributed by atoms with E-state index in [0.29, 0.717) is 31.5 Å². The molecule has 1 aromatic heterocycles. The Morgan fingerprint density at radius 1 is 1.29 bits per heavy atom. The quantitative estimate of drug-likeness (QED) is 0.274. The van der Waals surface area contributed by atoms with Crippen molar-refractivity contribution in [2.24, 2.45) is 4.99 Å². The van der Waals surface area contributed by atoms with Crippen LogP contribution in [0.3, 0.4) is 0 Å². The Morgan fingerprint density at radius 2 is 2.07 bits per heavy atom. The molecule has 0 unspecified atom stereocenters. The molecule has 8 heteroatoms. The predicted octanol–water partition coefficient (Wildman–Crippen LogP) is 3.37. The highest BCUT2D eigenvalue weighted by Crippen LogP contribution is 2.41.